The van der Waals surface area contributed by atoms with E-state index >= 15 is 0 Å². The summed E-state index contributed by atoms with van der Waals surface area (Å²) >= 11 is 3.37. The zero-order valence-corrected chi connectivity index (χ0v) is 18.9. The van der Waals surface area contributed by atoms with Crippen LogP contribution in [-0.2, 0) is 9.53 Å². The summed E-state index contributed by atoms with van der Waals surface area (Å²) in [4.78, 5) is 29.0. The quantitative estimate of drug-likeness (QED) is 0.274. The zero-order chi connectivity index (χ0) is 22.7. The SMILES string of the molecule is COc1cc(/C=C2\N=C(c3ccc(Br)cc3)OC2=O)ccc1OC(=O)c1cccc(C)c1. The molecule has 3 aromatic carbocycles. The highest BCUT2D eigenvalue weighted by Gasteiger charge is 2.24. The van der Waals surface area contributed by atoms with Gasteiger partial charge in [0.25, 0.3) is 0 Å². The molecular formula is C25H18BrNO5. The van der Waals surface area contributed by atoms with Gasteiger partial charge in [-0.05, 0) is 67.1 Å². The van der Waals surface area contributed by atoms with E-state index in [0.29, 0.717) is 22.4 Å². The van der Waals surface area contributed by atoms with Crippen LogP contribution < -0.4 is 9.47 Å². The minimum atomic E-state index is -0.545. The van der Waals surface area contributed by atoms with Gasteiger partial charge < -0.3 is 14.2 Å². The molecule has 0 aliphatic carbocycles. The molecule has 0 aromatic heterocycles. The van der Waals surface area contributed by atoms with Crippen LogP contribution in [0.15, 0.2) is 81.9 Å². The number of carbonyl (C=O) groups excluding carboxylic acids is 2. The summed E-state index contributed by atoms with van der Waals surface area (Å²) in [6, 6.07) is 19.4. The van der Waals surface area contributed by atoms with Crippen molar-refractivity contribution in [2.24, 2.45) is 4.99 Å². The van der Waals surface area contributed by atoms with Gasteiger partial charge in [0, 0.05) is 10.0 Å². The first-order chi connectivity index (χ1) is 15.4. The van der Waals surface area contributed by atoms with Crippen molar-refractivity contribution in [1.29, 1.82) is 0 Å². The molecule has 32 heavy (non-hydrogen) atoms. The number of methoxy groups -OCH3 is 1. The number of cyclic esters (lactones) is 1. The van der Waals surface area contributed by atoms with Gasteiger partial charge in [0.2, 0.25) is 5.90 Å². The molecule has 0 N–H and O–H groups in total. The summed E-state index contributed by atoms with van der Waals surface area (Å²) in [6.07, 6.45) is 1.59. The van der Waals surface area contributed by atoms with E-state index in [9.17, 15) is 9.59 Å². The molecule has 0 fully saturated rings. The van der Waals surface area contributed by atoms with Gasteiger partial charge in [-0.1, -0.05) is 39.7 Å². The van der Waals surface area contributed by atoms with Gasteiger partial charge in [-0.2, -0.15) is 0 Å². The van der Waals surface area contributed by atoms with Crippen molar-refractivity contribution >= 4 is 39.8 Å². The van der Waals surface area contributed by atoms with Crippen molar-refractivity contribution in [2.75, 3.05) is 7.11 Å². The Bertz CT molecular complexity index is 1260. The largest absolute Gasteiger partial charge is 0.493 e. The van der Waals surface area contributed by atoms with Crippen molar-refractivity contribution in [2.45, 2.75) is 6.92 Å². The second kappa shape index (κ2) is 9.20. The molecule has 6 nitrogen and oxygen atoms in total. The predicted octanol–water partition coefficient (Wildman–Crippen LogP) is 5.33. The standard InChI is InChI=1S/C25H18BrNO5/c1-15-4-3-5-18(12-15)24(28)31-21-11-6-16(14-22(21)30-2)13-20-25(29)32-23(27-20)17-7-9-19(26)10-8-17/h3-14H,1-2H3/b20-13-. The van der Waals surface area contributed by atoms with Crippen molar-refractivity contribution in [3.8, 4) is 11.5 Å². The Morgan fingerprint density at radius 3 is 2.53 bits per heavy atom. The highest BCUT2D eigenvalue weighted by atomic mass is 79.9. The Balaban J connectivity index is 1.57. The molecule has 1 aliphatic rings. The lowest BCUT2D eigenvalue weighted by Crippen LogP contribution is -2.09. The molecule has 1 heterocycles. The number of hydrogen-bond acceptors (Lipinski definition) is 6. The maximum Gasteiger partial charge on any atom is 0.363 e. The van der Waals surface area contributed by atoms with Gasteiger partial charge in [-0.3, -0.25) is 0 Å². The lowest BCUT2D eigenvalue weighted by molar-refractivity contribution is -0.129. The van der Waals surface area contributed by atoms with E-state index in [1.54, 1.807) is 54.6 Å². The molecule has 0 unspecified atom stereocenters. The summed E-state index contributed by atoms with van der Waals surface area (Å²) < 4.78 is 17.1. The number of ether oxygens (including phenoxy) is 3. The van der Waals surface area contributed by atoms with Crippen LogP contribution >= 0.6 is 15.9 Å². The fourth-order valence-electron chi connectivity index (χ4n) is 3.07. The van der Waals surface area contributed by atoms with Crippen LogP contribution in [-0.4, -0.2) is 24.9 Å². The number of hydrogen-bond donors (Lipinski definition) is 0. The second-order valence-electron chi connectivity index (χ2n) is 7.01. The lowest BCUT2D eigenvalue weighted by atomic mass is 10.1. The number of halogens is 1. The van der Waals surface area contributed by atoms with Crippen LogP contribution in [0.5, 0.6) is 11.5 Å². The smallest absolute Gasteiger partial charge is 0.363 e. The average Bonchev–Trinajstić information content (AvgIpc) is 3.15. The Labute approximate surface area is 193 Å². The third-order valence-electron chi connectivity index (χ3n) is 4.66. The summed E-state index contributed by atoms with van der Waals surface area (Å²) in [5.41, 5.74) is 2.90. The molecule has 0 saturated heterocycles. The molecule has 4 rings (SSSR count). The molecule has 0 atom stereocenters. The molecule has 0 bridgehead atoms. The zero-order valence-electron chi connectivity index (χ0n) is 17.3. The molecule has 0 spiro atoms. The summed E-state index contributed by atoms with van der Waals surface area (Å²) in [5.74, 6) is -0.166. The summed E-state index contributed by atoms with van der Waals surface area (Å²) in [7, 11) is 1.48. The highest BCUT2D eigenvalue weighted by Crippen LogP contribution is 2.30. The van der Waals surface area contributed by atoms with Crippen molar-refractivity contribution in [3.63, 3.8) is 0 Å². The third-order valence-corrected chi connectivity index (χ3v) is 5.19. The van der Waals surface area contributed by atoms with E-state index in [4.69, 9.17) is 14.2 Å². The van der Waals surface area contributed by atoms with E-state index in [1.165, 1.54) is 7.11 Å². The normalized spacial score (nSPS) is 14.2. The third kappa shape index (κ3) is 4.78. The first-order valence-corrected chi connectivity index (χ1v) is 10.5. The van der Waals surface area contributed by atoms with E-state index in [1.807, 2.05) is 25.1 Å². The number of esters is 2. The molecule has 7 heteroatoms. The van der Waals surface area contributed by atoms with Crippen LogP contribution in [0.4, 0.5) is 0 Å². The number of rotatable bonds is 5. The highest BCUT2D eigenvalue weighted by molar-refractivity contribution is 9.10. The van der Waals surface area contributed by atoms with Crippen LogP contribution in [0.25, 0.3) is 6.08 Å². The number of benzene rings is 3. The number of nitrogens with zero attached hydrogens (tertiary/aromatic N) is 1. The fraction of sp³-hybridized carbons (Fsp3) is 0.0800. The lowest BCUT2D eigenvalue weighted by Gasteiger charge is -2.10. The van der Waals surface area contributed by atoms with Crippen molar-refractivity contribution in [1.82, 2.24) is 0 Å². The van der Waals surface area contributed by atoms with Gasteiger partial charge in [0.15, 0.2) is 17.2 Å². The summed E-state index contributed by atoms with van der Waals surface area (Å²) in [6.45, 7) is 1.90. The number of carbonyl (C=O) groups is 2. The Morgan fingerprint density at radius 1 is 1.03 bits per heavy atom. The number of aliphatic imine (C=N–C) groups is 1. The molecule has 1 aliphatic heterocycles. The van der Waals surface area contributed by atoms with E-state index in [-0.39, 0.29) is 17.3 Å². The van der Waals surface area contributed by atoms with Crippen LogP contribution in [0.2, 0.25) is 0 Å². The van der Waals surface area contributed by atoms with Crippen LogP contribution in [0.1, 0.15) is 27.0 Å². The van der Waals surface area contributed by atoms with Gasteiger partial charge in [-0.25, -0.2) is 14.6 Å². The second-order valence-corrected chi connectivity index (χ2v) is 7.93. The average molecular weight is 492 g/mol. The predicted molar refractivity (Wildman–Crippen MR) is 124 cm³/mol. The molecule has 0 radical (unpaired) electrons. The van der Waals surface area contributed by atoms with Crippen LogP contribution in [0.3, 0.4) is 0 Å². The van der Waals surface area contributed by atoms with Gasteiger partial charge >= 0.3 is 11.9 Å². The molecule has 0 amide bonds. The van der Waals surface area contributed by atoms with Gasteiger partial charge in [-0.15, -0.1) is 0 Å². The first kappa shape index (κ1) is 21.5. The Kier molecular flexibility index (Phi) is 6.18. The topological polar surface area (TPSA) is 74.2 Å². The van der Waals surface area contributed by atoms with Crippen molar-refractivity contribution < 1.29 is 23.8 Å². The minimum Gasteiger partial charge on any atom is -0.493 e. The first-order valence-electron chi connectivity index (χ1n) is 9.68. The molecule has 3 aromatic rings. The summed E-state index contributed by atoms with van der Waals surface area (Å²) in [5, 5.41) is 0. The Hall–Kier alpha value is -3.71. The molecular weight excluding hydrogens is 474 g/mol. The van der Waals surface area contributed by atoms with E-state index in [0.717, 1.165) is 10.0 Å². The molecule has 0 saturated carbocycles. The van der Waals surface area contributed by atoms with E-state index < -0.39 is 11.9 Å². The maximum absolute atomic E-state index is 12.5. The molecule has 160 valence electrons. The minimum absolute atomic E-state index is 0.162. The number of aryl methyl sites for hydroxylation is 1. The Morgan fingerprint density at radius 2 is 1.81 bits per heavy atom. The van der Waals surface area contributed by atoms with E-state index in [2.05, 4.69) is 20.9 Å². The van der Waals surface area contributed by atoms with Crippen molar-refractivity contribution in [3.05, 3.63) is 99.2 Å². The van der Waals surface area contributed by atoms with Gasteiger partial charge in [0.05, 0.1) is 12.7 Å². The van der Waals surface area contributed by atoms with Gasteiger partial charge in [0.1, 0.15) is 0 Å². The van der Waals surface area contributed by atoms with Crippen LogP contribution in [0, 0.1) is 6.92 Å². The maximum atomic E-state index is 12.5. The fourth-order valence-corrected chi connectivity index (χ4v) is 3.34. The monoisotopic (exact) mass is 491 g/mol.